The van der Waals surface area contributed by atoms with E-state index < -0.39 is 16.1 Å². The van der Waals surface area contributed by atoms with Crippen LogP contribution in [0.15, 0.2) is 42.5 Å². The van der Waals surface area contributed by atoms with Crippen molar-refractivity contribution in [2.24, 2.45) is 0 Å². The second-order valence-electron chi connectivity index (χ2n) is 11.6. The van der Waals surface area contributed by atoms with E-state index in [1.165, 1.54) is 33.0 Å². The Hall–Kier alpha value is -0.633. The molecule has 0 atom stereocenters. The Bertz CT molecular complexity index is 990. The molecule has 167 valence electrons. The number of hydrogen-bond acceptors (Lipinski definition) is 0. The van der Waals surface area contributed by atoms with Crippen molar-refractivity contribution in [1.82, 2.24) is 0 Å². The minimum Gasteiger partial charge on any atom is -0.358 e. The maximum Gasteiger partial charge on any atom is 3.00 e. The SMILES string of the molecule is Cc1cc2c(-c3cc([Si](C)(C)C)cc([Si](C)(C)C)c3)c(C(C)(C)C)ccc2[cH-]1.[CH3-].[CH3-].[Zr+3]. The van der Waals surface area contributed by atoms with Crippen LogP contribution in [0.2, 0.25) is 39.3 Å². The van der Waals surface area contributed by atoms with E-state index in [-0.39, 0.29) is 46.5 Å². The van der Waals surface area contributed by atoms with Crippen LogP contribution in [0.4, 0.5) is 0 Å². The van der Waals surface area contributed by atoms with Crippen LogP contribution < -0.4 is 10.4 Å². The van der Waals surface area contributed by atoms with Gasteiger partial charge < -0.3 is 14.9 Å². The third-order valence-electron chi connectivity index (χ3n) is 5.80. The minimum atomic E-state index is -1.41. The first-order chi connectivity index (χ1) is 12.7. The Kier molecular flexibility index (Phi) is 9.90. The zero-order chi connectivity index (χ0) is 21.1. The molecule has 0 N–H and O–H groups in total. The van der Waals surface area contributed by atoms with Gasteiger partial charge in [-0.25, -0.2) is 0 Å². The number of hydrogen-bond donors (Lipinski definition) is 0. The van der Waals surface area contributed by atoms with Gasteiger partial charge in [0.15, 0.2) is 0 Å². The van der Waals surface area contributed by atoms with Crippen LogP contribution in [-0.4, -0.2) is 16.1 Å². The average molecular weight is 527 g/mol. The van der Waals surface area contributed by atoms with Gasteiger partial charge in [0.1, 0.15) is 0 Å². The zero-order valence-electron chi connectivity index (χ0n) is 22.0. The first-order valence-electron chi connectivity index (χ1n) is 10.5. The second-order valence-corrected chi connectivity index (χ2v) is 21.7. The molecule has 31 heavy (non-hydrogen) atoms. The van der Waals surface area contributed by atoms with Crippen LogP contribution >= 0.6 is 0 Å². The molecule has 0 fully saturated rings. The molecule has 3 rings (SSSR count). The molecule has 3 aromatic rings. The molecule has 0 amide bonds. The van der Waals surface area contributed by atoms with Crippen LogP contribution in [0.1, 0.15) is 31.9 Å². The fourth-order valence-electron chi connectivity index (χ4n) is 4.01. The zero-order valence-corrected chi connectivity index (χ0v) is 26.5. The third-order valence-corrected chi connectivity index (χ3v) is 9.84. The molecule has 0 heterocycles. The molecule has 0 aliphatic rings. The van der Waals surface area contributed by atoms with Gasteiger partial charge >= 0.3 is 26.2 Å². The Morgan fingerprint density at radius 1 is 0.742 bits per heavy atom. The Labute approximate surface area is 214 Å². The monoisotopic (exact) mass is 525 g/mol. The first-order valence-corrected chi connectivity index (χ1v) is 17.5. The van der Waals surface area contributed by atoms with E-state index in [0.29, 0.717) is 0 Å². The average Bonchev–Trinajstić information content (AvgIpc) is 2.91. The summed E-state index contributed by atoms with van der Waals surface area (Å²) in [5.74, 6) is 0. The summed E-state index contributed by atoms with van der Waals surface area (Å²) in [5.41, 5.74) is 5.81. The first kappa shape index (κ1) is 30.4. The molecular formula is C28H43Si2Zr. The van der Waals surface area contributed by atoms with Crippen molar-refractivity contribution in [2.45, 2.75) is 72.4 Å². The maximum atomic E-state index is 2.54. The summed E-state index contributed by atoms with van der Waals surface area (Å²) in [4.78, 5) is 0. The van der Waals surface area contributed by atoms with Gasteiger partial charge in [-0.2, -0.15) is 6.07 Å². The topological polar surface area (TPSA) is 0 Å². The van der Waals surface area contributed by atoms with E-state index in [2.05, 4.69) is 109 Å². The van der Waals surface area contributed by atoms with Gasteiger partial charge in [0, 0.05) is 0 Å². The van der Waals surface area contributed by atoms with Crippen LogP contribution in [0.25, 0.3) is 21.9 Å². The molecule has 0 spiro atoms. The van der Waals surface area contributed by atoms with Gasteiger partial charge in [-0.15, -0.1) is 34.5 Å². The van der Waals surface area contributed by atoms with Gasteiger partial charge in [-0.05, 0) is 11.0 Å². The Morgan fingerprint density at radius 3 is 1.65 bits per heavy atom. The molecule has 3 aromatic carbocycles. The van der Waals surface area contributed by atoms with Gasteiger partial charge in [0.2, 0.25) is 0 Å². The van der Waals surface area contributed by atoms with Crippen molar-refractivity contribution in [2.75, 3.05) is 0 Å². The maximum absolute atomic E-state index is 2.54. The minimum absolute atomic E-state index is 0. The van der Waals surface area contributed by atoms with Crippen LogP contribution in [-0.2, 0) is 31.6 Å². The van der Waals surface area contributed by atoms with E-state index in [4.69, 9.17) is 0 Å². The van der Waals surface area contributed by atoms with E-state index in [9.17, 15) is 0 Å². The normalized spacial score (nSPS) is 12.1. The third kappa shape index (κ3) is 6.46. The molecular weight excluding hydrogens is 484 g/mol. The molecule has 0 aliphatic carbocycles. The largest absolute Gasteiger partial charge is 3.00 e. The molecule has 1 radical (unpaired) electrons. The van der Waals surface area contributed by atoms with Gasteiger partial charge in [0.25, 0.3) is 0 Å². The molecule has 0 aromatic heterocycles. The summed E-state index contributed by atoms with van der Waals surface area (Å²) in [5, 5.41) is 5.96. The summed E-state index contributed by atoms with van der Waals surface area (Å²) in [7, 11) is -2.82. The van der Waals surface area contributed by atoms with Crippen LogP contribution in [0.5, 0.6) is 0 Å². The summed E-state index contributed by atoms with van der Waals surface area (Å²) in [6, 6.07) is 17.0. The van der Waals surface area contributed by atoms with E-state index >= 15 is 0 Å². The van der Waals surface area contributed by atoms with Gasteiger partial charge in [-0.1, -0.05) is 107 Å². The number of benzene rings is 2. The van der Waals surface area contributed by atoms with Crippen molar-refractivity contribution >= 4 is 37.3 Å². The predicted octanol–water partition coefficient (Wildman–Crippen LogP) is 7.82. The fourth-order valence-corrected chi connectivity index (χ4v) is 6.50. The molecule has 0 unspecified atom stereocenters. The van der Waals surface area contributed by atoms with Gasteiger partial charge in [0.05, 0.1) is 16.1 Å². The second kappa shape index (κ2) is 10.1. The molecule has 0 saturated heterocycles. The Balaban J connectivity index is 0.00000300. The summed E-state index contributed by atoms with van der Waals surface area (Å²) < 4.78 is 0. The molecule has 0 bridgehead atoms. The summed E-state index contributed by atoms with van der Waals surface area (Å²) in [6.07, 6.45) is 0. The number of aryl methyl sites for hydroxylation is 1. The molecule has 3 heteroatoms. The van der Waals surface area contributed by atoms with Gasteiger partial charge in [-0.3, -0.25) is 0 Å². The van der Waals surface area contributed by atoms with E-state index in [1.807, 2.05) is 0 Å². The molecule has 0 saturated carbocycles. The smallest absolute Gasteiger partial charge is 0.358 e. The number of rotatable bonds is 3. The van der Waals surface area contributed by atoms with Crippen molar-refractivity contribution < 1.29 is 26.2 Å². The van der Waals surface area contributed by atoms with Crippen molar-refractivity contribution in [3.63, 3.8) is 0 Å². The van der Waals surface area contributed by atoms with Crippen LogP contribution in [0, 0.1) is 21.8 Å². The van der Waals surface area contributed by atoms with E-state index in [0.717, 1.165) is 0 Å². The van der Waals surface area contributed by atoms with Crippen molar-refractivity contribution in [1.29, 1.82) is 0 Å². The van der Waals surface area contributed by atoms with Crippen molar-refractivity contribution in [3.8, 4) is 11.1 Å². The van der Waals surface area contributed by atoms with E-state index in [1.54, 1.807) is 10.4 Å². The fraction of sp³-hybridized carbons (Fsp3) is 0.393. The molecule has 0 nitrogen and oxygen atoms in total. The quantitative estimate of drug-likeness (QED) is 0.241. The number of fused-ring (bicyclic) bond motifs is 1. The van der Waals surface area contributed by atoms with Crippen LogP contribution in [0.3, 0.4) is 0 Å². The predicted molar refractivity (Wildman–Crippen MR) is 147 cm³/mol. The summed E-state index contributed by atoms with van der Waals surface area (Å²) >= 11 is 0. The summed E-state index contributed by atoms with van der Waals surface area (Å²) in [6.45, 7) is 24.1. The van der Waals surface area contributed by atoms with Crippen molar-refractivity contribution in [3.05, 3.63) is 68.4 Å². The Morgan fingerprint density at radius 2 is 1.23 bits per heavy atom. The molecule has 0 aliphatic heterocycles. The standard InChI is InChI=1S/C26H37Si2.2CH3.Zr/c1-18-13-19-11-12-24(26(2,3)4)25(23(19)14-18)20-15-21(27(5,6)7)17-22(16-20)28(8,9)10;;;/h11-17H,1-10H3;2*1H3;/q3*-1;+3.